The SMILES string of the molecule is CC.CC(C)C=C1CCC(C(C)C)CC1. The van der Waals surface area contributed by atoms with Crippen molar-refractivity contribution in [2.75, 3.05) is 0 Å². The molecule has 1 aliphatic carbocycles. The summed E-state index contributed by atoms with van der Waals surface area (Å²) in [5.41, 5.74) is 1.71. The Kier molecular flexibility index (Phi) is 7.82. The monoisotopic (exact) mass is 210 g/mol. The van der Waals surface area contributed by atoms with Crippen molar-refractivity contribution in [2.45, 2.75) is 67.2 Å². The molecule has 90 valence electrons. The van der Waals surface area contributed by atoms with Crippen molar-refractivity contribution in [1.29, 1.82) is 0 Å². The summed E-state index contributed by atoms with van der Waals surface area (Å²) in [6.07, 6.45) is 8.05. The van der Waals surface area contributed by atoms with Crippen LogP contribution in [-0.4, -0.2) is 0 Å². The van der Waals surface area contributed by atoms with Crippen LogP contribution in [0.1, 0.15) is 67.2 Å². The molecule has 0 bridgehead atoms. The second-order valence-electron chi connectivity index (χ2n) is 5.15. The predicted molar refractivity (Wildman–Crippen MR) is 71.1 cm³/mol. The maximum atomic E-state index is 2.47. The second-order valence-corrected chi connectivity index (χ2v) is 5.15. The summed E-state index contributed by atoms with van der Waals surface area (Å²) in [7, 11) is 0. The number of hydrogen-bond donors (Lipinski definition) is 0. The first kappa shape index (κ1) is 14.7. The van der Waals surface area contributed by atoms with E-state index < -0.39 is 0 Å². The molecule has 0 aromatic rings. The van der Waals surface area contributed by atoms with E-state index in [0.717, 1.165) is 17.8 Å². The number of allylic oxidation sites excluding steroid dienone is 2. The van der Waals surface area contributed by atoms with Crippen LogP contribution in [0.25, 0.3) is 0 Å². The molecular formula is C15H30. The zero-order valence-electron chi connectivity index (χ0n) is 11.6. The predicted octanol–water partition coefficient (Wildman–Crippen LogP) is 5.44. The van der Waals surface area contributed by atoms with E-state index in [-0.39, 0.29) is 0 Å². The summed E-state index contributed by atoms with van der Waals surface area (Å²) in [4.78, 5) is 0. The van der Waals surface area contributed by atoms with E-state index in [0.29, 0.717) is 0 Å². The standard InChI is InChI=1S/C13H24.C2H6/c1-10(2)9-12-5-7-13(8-6-12)11(3)4;1-2/h9-11,13H,5-8H2,1-4H3;1-2H3. The Morgan fingerprint density at radius 1 is 1.00 bits per heavy atom. The van der Waals surface area contributed by atoms with Crippen molar-refractivity contribution in [2.24, 2.45) is 17.8 Å². The Hall–Kier alpha value is -0.260. The molecule has 0 aromatic carbocycles. The summed E-state index contributed by atoms with van der Waals surface area (Å²) in [6.45, 7) is 13.3. The highest BCUT2D eigenvalue weighted by Gasteiger charge is 2.18. The molecule has 1 aliphatic rings. The van der Waals surface area contributed by atoms with Crippen LogP contribution in [-0.2, 0) is 0 Å². The van der Waals surface area contributed by atoms with E-state index in [1.807, 2.05) is 13.8 Å². The maximum absolute atomic E-state index is 2.47. The van der Waals surface area contributed by atoms with Gasteiger partial charge < -0.3 is 0 Å². The lowest BCUT2D eigenvalue weighted by Crippen LogP contribution is -2.14. The number of hydrogen-bond acceptors (Lipinski definition) is 0. The Bertz CT molecular complexity index is 164. The maximum Gasteiger partial charge on any atom is -0.0288 e. The fourth-order valence-electron chi connectivity index (χ4n) is 2.32. The minimum absolute atomic E-state index is 0.741. The molecule has 0 nitrogen and oxygen atoms in total. The van der Waals surface area contributed by atoms with Crippen LogP contribution in [0.5, 0.6) is 0 Å². The summed E-state index contributed by atoms with van der Waals surface area (Å²) < 4.78 is 0. The third kappa shape index (κ3) is 6.02. The molecule has 0 unspecified atom stereocenters. The molecule has 0 aliphatic heterocycles. The van der Waals surface area contributed by atoms with Gasteiger partial charge in [0.15, 0.2) is 0 Å². The minimum Gasteiger partial charge on any atom is -0.0828 e. The fourth-order valence-corrected chi connectivity index (χ4v) is 2.32. The lowest BCUT2D eigenvalue weighted by atomic mass is 9.79. The first-order valence-electron chi connectivity index (χ1n) is 6.79. The van der Waals surface area contributed by atoms with Crippen molar-refractivity contribution >= 4 is 0 Å². The van der Waals surface area contributed by atoms with Gasteiger partial charge in [-0.2, -0.15) is 0 Å². The van der Waals surface area contributed by atoms with E-state index in [4.69, 9.17) is 0 Å². The van der Waals surface area contributed by atoms with Gasteiger partial charge in [0.25, 0.3) is 0 Å². The van der Waals surface area contributed by atoms with Gasteiger partial charge in [-0.1, -0.05) is 53.2 Å². The molecule has 0 atom stereocenters. The first-order chi connectivity index (χ1) is 7.09. The minimum atomic E-state index is 0.741. The molecule has 0 saturated heterocycles. The molecule has 0 aromatic heterocycles. The highest BCUT2D eigenvalue weighted by molar-refractivity contribution is 5.06. The zero-order chi connectivity index (χ0) is 11.8. The summed E-state index contributed by atoms with van der Waals surface area (Å²) in [5, 5.41) is 0. The van der Waals surface area contributed by atoms with Gasteiger partial charge in [-0.3, -0.25) is 0 Å². The van der Waals surface area contributed by atoms with Crippen molar-refractivity contribution in [3.63, 3.8) is 0 Å². The fraction of sp³-hybridized carbons (Fsp3) is 0.867. The quantitative estimate of drug-likeness (QED) is 0.532. The molecule has 0 radical (unpaired) electrons. The molecule has 1 saturated carbocycles. The third-order valence-electron chi connectivity index (χ3n) is 3.18. The molecule has 1 fully saturated rings. The van der Waals surface area contributed by atoms with Crippen molar-refractivity contribution in [3.05, 3.63) is 11.6 Å². The third-order valence-corrected chi connectivity index (χ3v) is 3.18. The largest absolute Gasteiger partial charge is 0.0828 e. The molecule has 0 N–H and O–H groups in total. The molecule has 0 heteroatoms. The molecule has 0 amide bonds. The van der Waals surface area contributed by atoms with Crippen LogP contribution in [0, 0.1) is 17.8 Å². The normalized spacial score (nSPS) is 21.3. The Labute approximate surface area is 97.2 Å². The van der Waals surface area contributed by atoms with Gasteiger partial charge in [0.05, 0.1) is 0 Å². The lowest BCUT2D eigenvalue weighted by Gasteiger charge is -2.27. The average Bonchev–Trinajstić information content (AvgIpc) is 2.20. The highest BCUT2D eigenvalue weighted by Crippen LogP contribution is 2.33. The zero-order valence-corrected chi connectivity index (χ0v) is 11.6. The van der Waals surface area contributed by atoms with E-state index in [2.05, 4.69) is 33.8 Å². The van der Waals surface area contributed by atoms with Crippen LogP contribution >= 0.6 is 0 Å². The van der Waals surface area contributed by atoms with Gasteiger partial charge >= 0.3 is 0 Å². The average molecular weight is 210 g/mol. The lowest BCUT2D eigenvalue weighted by molar-refractivity contribution is 0.310. The summed E-state index contributed by atoms with van der Waals surface area (Å²) in [6, 6.07) is 0. The molecule has 0 heterocycles. The van der Waals surface area contributed by atoms with Gasteiger partial charge in [0.2, 0.25) is 0 Å². The molecule has 1 rings (SSSR count). The van der Waals surface area contributed by atoms with Gasteiger partial charge in [-0.15, -0.1) is 0 Å². The molecule has 0 spiro atoms. The van der Waals surface area contributed by atoms with Gasteiger partial charge in [0, 0.05) is 0 Å². The molecule has 15 heavy (non-hydrogen) atoms. The summed E-state index contributed by atoms with van der Waals surface area (Å²) in [5.74, 6) is 2.62. The Balaban J connectivity index is 0.000000921. The van der Waals surface area contributed by atoms with E-state index >= 15 is 0 Å². The van der Waals surface area contributed by atoms with Crippen molar-refractivity contribution in [1.82, 2.24) is 0 Å². The Morgan fingerprint density at radius 3 is 1.80 bits per heavy atom. The number of rotatable bonds is 2. The van der Waals surface area contributed by atoms with Gasteiger partial charge in [0.1, 0.15) is 0 Å². The smallest absolute Gasteiger partial charge is 0.0288 e. The highest BCUT2D eigenvalue weighted by atomic mass is 14.2. The van der Waals surface area contributed by atoms with Crippen molar-refractivity contribution < 1.29 is 0 Å². The van der Waals surface area contributed by atoms with E-state index in [1.54, 1.807) is 5.57 Å². The first-order valence-corrected chi connectivity index (χ1v) is 6.79. The summed E-state index contributed by atoms with van der Waals surface area (Å²) >= 11 is 0. The van der Waals surface area contributed by atoms with Gasteiger partial charge in [-0.05, 0) is 43.4 Å². The molecular weight excluding hydrogens is 180 g/mol. The van der Waals surface area contributed by atoms with Crippen LogP contribution in [0.2, 0.25) is 0 Å². The van der Waals surface area contributed by atoms with Crippen molar-refractivity contribution in [3.8, 4) is 0 Å². The van der Waals surface area contributed by atoms with Crippen LogP contribution in [0.4, 0.5) is 0 Å². The van der Waals surface area contributed by atoms with E-state index in [9.17, 15) is 0 Å². The Morgan fingerprint density at radius 2 is 1.47 bits per heavy atom. The second kappa shape index (κ2) is 7.96. The van der Waals surface area contributed by atoms with Crippen LogP contribution in [0.3, 0.4) is 0 Å². The van der Waals surface area contributed by atoms with E-state index in [1.165, 1.54) is 25.7 Å². The van der Waals surface area contributed by atoms with Crippen LogP contribution < -0.4 is 0 Å². The van der Waals surface area contributed by atoms with Gasteiger partial charge in [-0.25, -0.2) is 0 Å². The topological polar surface area (TPSA) is 0 Å². The van der Waals surface area contributed by atoms with Crippen LogP contribution in [0.15, 0.2) is 11.6 Å².